The van der Waals surface area contributed by atoms with Crippen LogP contribution in [0.3, 0.4) is 0 Å². The molecule has 0 amide bonds. The molecule has 0 aromatic carbocycles. The molecule has 0 spiro atoms. The van der Waals surface area contributed by atoms with E-state index in [4.69, 9.17) is 40.8 Å². The summed E-state index contributed by atoms with van der Waals surface area (Å²) in [5, 5.41) is 0. The summed E-state index contributed by atoms with van der Waals surface area (Å²) in [4.78, 5) is 12.0. The van der Waals surface area contributed by atoms with Crippen LogP contribution in [0, 0.1) is 0 Å². The zero-order valence-electron chi connectivity index (χ0n) is 25.5. The summed E-state index contributed by atoms with van der Waals surface area (Å²) in [5.74, 6) is 0.497. The molecule has 12 heteroatoms. The molecule has 0 aliphatic heterocycles. The van der Waals surface area contributed by atoms with Gasteiger partial charge in [0.2, 0.25) is 0 Å². The Morgan fingerprint density at radius 3 is 1.33 bits per heavy atom. The van der Waals surface area contributed by atoms with Gasteiger partial charge in [0.25, 0.3) is 0 Å². The van der Waals surface area contributed by atoms with E-state index in [2.05, 4.69) is 6.58 Å². The van der Waals surface area contributed by atoms with Crippen LogP contribution in [0.5, 0.6) is 0 Å². The predicted octanol–water partition coefficient (Wildman–Crippen LogP) is 5.51. The molecule has 0 atom stereocenters. The largest absolute Gasteiger partial charge is 0.500 e. The first-order valence-corrected chi connectivity index (χ1v) is 18.6. The number of hydrogen-bond donors (Lipinski definition) is 0. The quantitative estimate of drug-likeness (QED) is 0.0475. The van der Waals surface area contributed by atoms with E-state index in [1.807, 2.05) is 41.5 Å². The fourth-order valence-electron chi connectivity index (χ4n) is 3.98. The van der Waals surface area contributed by atoms with Gasteiger partial charge in [-0.15, -0.1) is 0 Å². The number of unbranched alkanes of at least 4 members (excludes halogenated alkanes) is 2. The third-order valence-corrected chi connectivity index (χ3v) is 11.8. The average molecular weight is 597 g/mol. The Morgan fingerprint density at radius 2 is 0.923 bits per heavy atom. The molecule has 0 aliphatic carbocycles. The average Bonchev–Trinajstić information content (AvgIpc) is 2.89. The van der Waals surface area contributed by atoms with Gasteiger partial charge < -0.3 is 40.8 Å². The van der Waals surface area contributed by atoms with E-state index in [0.29, 0.717) is 78.3 Å². The maximum absolute atomic E-state index is 12.0. The van der Waals surface area contributed by atoms with Gasteiger partial charge in [-0.1, -0.05) is 6.58 Å². The molecule has 0 heterocycles. The van der Waals surface area contributed by atoms with Gasteiger partial charge >= 0.3 is 23.6 Å². The standard InChI is InChI=1S/C27H56O10Si2/c1-8-32-38(33-9-2,34-10-3)24-16-14-18-26(7)30-22-20-29-21-23-31-27(28)19-15-17-25-39(35-11-4,36-12-5)37-13-6/h7-25H2,1-6H3. The Bertz CT molecular complexity index is 525. The monoisotopic (exact) mass is 596 g/mol. The zero-order chi connectivity index (χ0) is 29.2. The maximum Gasteiger partial charge on any atom is 0.500 e. The minimum absolute atomic E-state index is 0.223. The normalized spacial score (nSPS) is 12.1. The molecule has 39 heavy (non-hydrogen) atoms. The minimum Gasteiger partial charge on any atom is -0.496 e. The molecule has 0 N–H and O–H groups in total. The summed E-state index contributed by atoms with van der Waals surface area (Å²) in [5.41, 5.74) is 0. The molecule has 0 saturated carbocycles. The van der Waals surface area contributed by atoms with Crippen molar-refractivity contribution in [2.75, 3.05) is 66.1 Å². The summed E-state index contributed by atoms with van der Waals surface area (Å²) >= 11 is 0. The van der Waals surface area contributed by atoms with Crippen molar-refractivity contribution in [3.05, 3.63) is 12.3 Å². The number of carbonyl (C=O) groups excluding carboxylic acids is 1. The summed E-state index contributed by atoms with van der Waals surface area (Å²) in [6, 6.07) is 1.48. The fourth-order valence-corrected chi connectivity index (χ4v) is 9.35. The highest BCUT2D eigenvalue weighted by atomic mass is 28.4. The van der Waals surface area contributed by atoms with Crippen LogP contribution in [0.2, 0.25) is 12.1 Å². The summed E-state index contributed by atoms with van der Waals surface area (Å²) < 4.78 is 51.6. The Labute approximate surface area is 239 Å². The lowest BCUT2D eigenvalue weighted by atomic mass is 10.2. The molecule has 0 aliphatic rings. The van der Waals surface area contributed by atoms with E-state index < -0.39 is 17.6 Å². The summed E-state index contributed by atoms with van der Waals surface area (Å²) in [6.07, 6.45) is 4.43. The van der Waals surface area contributed by atoms with Gasteiger partial charge in [0.15, 0.2) is 0 Å². The minimum atomic E-state index is -2.65. The van der Waals surface area contributed by atoms with Crippen LogP contribution in [0.25, 0.3) is 0 Å². The number of hydrogen-bond acceptors (Lipinski definition) is 10. The smallest absolute Gasteiger partial charge is 0.496 e. The van der Waals surface area contributed by atoms with Crippen LogP contribution in [0.4, 0.5) is 0 Å². The van der Waals surface area contributed by atoms with Crippen molar-refractivity contribution in [3.8, 4) is 0 Å². The van der Waals surface area contributed by atoms with E-state index in [9.17, 15) is 4.79 Å². The van der Waals surface area contributed by atoms with Gasteiger partial charge in [-0.05, 0) is 67.2 Å². The van der Waals surface area contributed by atoms with Gasteiger partial charge in [0, 0.05) is 64.6 Å². The second-order valence-electron chi connectivity index (χ2n) is 8.60. The lowest BCUT2D eigenvalue weighted by Gasteiger charge is -2.28. The van der Waals surface area contributed by atoms with Crippen molar-refractivity contribution < 1.29 is 45.6 Å². The van der Waals surface area contributed by atoms with Crippen LogP contribution in [-0.4, -0.2) is 89.6 Å². The molecular formula is C27H56O10Si2. The molecular weight excluding hydrogens is 540 g/mol. The first-order chi connectivity index (χ1) is 18.9. The molecule has 0 aromatic rings. The van der Waals surface area contributed by atoms with Crippen LogP contribution in [-0.2, 0) is 45.6 Å². The maximum atomic E-state index is 12.0. The van der Waals surface area contributed by atoms with E-state index in [0.717, 1.165) is 37.5 Å². The molecule has 0 bridgehead atoms. The van der Waals surface area contributed by atoms with Gasteiger partial charge in [0.05, 0.1) is 19.0 Å². The predicted molar refractivity (Wildman–Crippen MR) is 155 cm³/mol. The molecule has 0 rings (SSSR count). The molecule has 10 nitrogen and oxygen atoms in total. The Morgan fingerprint density at radius 1 is 0.538 bits per heavy atom. The molecule has 0 aromatic heterocycles. The number of allylic oxidation sites excluding steroid dienone is 1. The van der Waals surface area contributed by atoms with Crippen molar-refractivity contribution in [2.45, 2.75) is 92.2 Å². The van der Waals surface area contributed by atoms with Crippen molar-refractivity contribution in [3.63, 3.8) is 0 Å². The number of rotatable bonds is 29. The lowest BCUT2D eigenvalue weighted by Crippen LogP contribution is -2.45. The SMILES string of the molecule is C=C(CCCC[Si](OCC)(OCC)OCC)OCCOCCOC(=O)CCCC[Si](OCC)(OCC)OCC. The Kier molecular flexibility index (Phi) is 24.4. The summed E-state index contributed by atoms with van der Waals surface area (Å²) in [6.45, 7) is 20.5. The van der Waals surface area contributed by atoms with Crippen LogP contribution in [0.1, 0.15) is 80.1 Å². The zero-order valence-corrected chi connectivity index (χ0v) is 27.5. The highest BCUT2D eigenvalue weighted by molar-refractivity contribution is 6.61. The second kappa shape index (κ2) is 24.9. The molecule has 0 unspecified atom stereocenters. The molecule has 0 saturated heterocycles. The van der Waals surface area contributed by atoms with Gasteiger partial charge in [-0.25, -0.2) is 0 Å². The van der Waals surface area contributed by atoms with Crippen molar-refractivity contribution in [1.29, 1.82) is 0 Å². The highest BCUT2D eigenvalue weighted by Crippen LogP contribution is 2.21. The third kappa shape index (κ3) is 19.0. The van der Waals surface area contributed by atoms with Crippen molar-refractivity contribution in [2.24, 2.45) is 0 Å². The Hall–Kier alpha value is -0.836. The Balaban J connectivity index is 3.91. The molecule has 0 fully saturated rings. The van der Waals surface area contributed by atoms with Crippen LogP contribution in [0.15, 0.2) is 12.3 Å². The first kappa shape index (κ1) is 38.2. The lowest BCUT2D eigenvalue weighted by molar-refractivity contribution is -0.145. The second-order valence-corrected chi connectivity index (χ2v) is 14.1. The van der Waals surface area contributed by atoms with Gasteiger partial charge in [-0.3, -0.25) is 4.79 Å². The summed E-state index contributed by atoms with van der Waals surface area (Å²) in [7, 11) is -5.24. The van der Waals surface area contributed by atoms with Gasteiger partial charge in [0.1, 0.15) is 13.2 Å². The topological polar surface area (TPSA) is 100 Å². The van der Waals surface area contributed by atoms with Crippen molar-refractivity contribution >= 4 is 23.6 Å². The molecule has 0 radical (unpaired) electrons. The third-order valence-electron chi connectivity index (χ3n) is 5.51. The first-order valence-electron chi connectivity index (χ1n) is 14.7. The van der Waals surface area contributed by atoms with E-state index in [1.54, 1.807) is 0 Å². The highest BCUT2D eigenvalue weighted by Gasteiger charge is 2.40. The van der Waals surface area contributed by atoms with E-state index in [1.165, 1.54) is 0 Å². The molecule has 232 valence electrons. The van der Waals surface area contributed by atoms with E-state index in [-0.39, 0.29) is 12.6 Å². The fraction of sp³-hybridized carbons (Fsp3) is 0.889. The number of esters is 1. The number of ether oxygens (including phenoxy) is 3. The van der Waals surface area contributed by atoms with Gasteiger partial charge in [-0.2, -0.15) is 0 Å². The van der Waals surface area contributed by atoms with E-state index >= 15 is 0 Å². The van der Waals surface area contributed by atoms with Crippen LogP contribution >= 0.6 is 0 Å². The number of carbonyl (C=O) groups is 1. The van der Waals surface area contributed by atoms with Crippen molar-refractivity contribution in [1.82, 2.24) is 0 Å². The van der Waals surface area contributed by atoms with Crippen LogP contribution < -0.4 is 0 Å².